The maximum absolute atomic E-state index is 9.40. The molecular weight excluding hydrogens is 412 g/mol. The van der Waals surface area contributed by atoms with Gasteiger partial charge in [0.1, 0.15) is 11.4 Å². The van der Waals surface area contributed by atoms with Crippen molar-refractivity contribution in [3.63, 3.8) is 0 Å². The first-order valence-corrected chi connectivity index (χ1v) is 11.1. The fourth-order valence-electron chi connectivity index (χ4n) is 2.77. The maximum Gasteiger partial charge on any atom is 0.165 e. The van der Waals surface area contributed by atoms with E-state index in [9.17, 15) is 5.11 Å². The van der Waals surface area contributed by atoms with Crippen LogP contribution in [0.15, 0.2) is 42.7 Å². The van der Waals surface area contributed by atoms with E-state index in [1.165, 1.54) is 6.42 Å². The smallest absolute Gasteiger partial charge is 0.165 e. The molecule has 0 aliphatic rings. The molecule has 1 aromatic carbocycles. The second-order valence-electron chi connectivity index (χ2n) is 7.97. The lowest BCUT2D eigenvalue weighted by Crippen LogP contribution is -2.12. The highest BCUT2D eigenvalue weighted by Crippen LogP contribution is 2.31. The van der Waals surface area contributed by atoms with E-state index < -0.39 is 0 Å². The van der Waals surface area contributed by atoms with E-state index in [-0.39, 0.29) is 5.75 Å². The Morgan fingerprint density at radius 3 is 2.33 bits per heavy atom. The first-order valence-electron chi connectivity index (χ1n) is 11.1. The first kappa shape index (κ1) is 25.5. The summed E-state index contributed by atoms with van der Waals surface area (Å²) in [7, 11) is 1.78. The van der Waals surface area contributed by atoms with E-state index in [0.717, 1.165) is 29.0 Å². The van der Waals surface area contributed by atoms with E-state index in [2.05, 4.69) is 57.7 Å². The summed E-state index contributed by atoms with van der Waals surface area (Å²) in [6.45, 7) is 9.27. The van der Waals surface area contributed by atoms with Crippen LogP contribution in [-0.4, -0.2) is 33.7 Å². The van der Waals surface area contributed by atoms with Crippen LogP contribution in [0.5, 0.6) is 5.75 Å². The molecule has 33 heavy (non-hydrogen) atoms. The average Bonchev–Trinajstić information content (AvgIpc) is 2.82. The zero-order valence-electron chi connectivity index (χ0n) is 20.1. The topological polar surface area (TPSA) is 95.0 Å². The van der Waals surface area contributed by atoms with Crippen molar-refractivity contribution in [3.8, 4) is 29.6 Å². The molecule has 0 atom stereocenters. The van der Waals surface area contributed by atoms with Gasteiger partial charge in [0.15, 0.2) is 17.5 Å². The molecule has 0 spiro atoms. The lowest BCUT2D eigenvalue weighted by Gasteiger charge is -2.16. The number of aryl methyl sites for hydroxylation is 1. The Morgan fingerprint density at radius 1 is 1.09 bits per heavy atom. The molecule has 0 saturated carbocycles. The van der Waals surface area contributed by atoms with Crippen molar-refractivity contribution in [2.45, 2.75) is 40.5 Å². The molecule has 0 radical (unpaired) electrons. The summed E-state index contributed by atoms with van der Waals surface area (Å²) in [5.41, 5.74) is 3.60. The molecule has 4 N–H and O–H groups in total. The largest absolute Gasteiger partial charge is 0.508 e. The standard InChI is InChI=1S/C21H22N6O.C5H12/c1-4-24-18-20(22-3)26-19(17-13-23-11-9-14(17)2)27-21(18)25-12-10-15-5-7-16(28)8-6-15;1-4-5(2)3/h1,5-9,11,13,24,28H,10,12H2,2-3H3,(H2,22,25,26,27);5H,4H2,1-3H3. The minimum Gasteiger partial charge on any atom is -0.508 e. The van der Waals surface area contributed by atoms with Crippen molar-refractivity contribution in [3.05, 3.63) is 53.9 Å². The number of aromatic nitrogens is 3. The number of terminal acetylenes is 1. The molecule has 3 rings (SSSR count). The van der Waals surface area contributed by atoms with Crippen LogP contribution in [-0.2, 0) is 6.42 Å². The fourth-order valence-corrected chi connectivity index (χ4v) is 2.77. The number of hydrogen-bond donors (Lipinski definition) is 4. The zero-order chi connectivity index (χ0) is 24.2. The van der Waals surface area contributed by atoms with Gasteiger partial charge >= 0.3 is 0 Å². The van der Waals surface area contributed by atoms with Gasteiger partial charge in [0, 0.05) is 37.6 Å². The van der Waals surface area contributed by atoms with E-state index in [1.54, 1.807) is 31.6 Å². The Kier molecular flexibility index (Phi) is 9.97. The van der Waals surface area contributed by atoms with Crippen LogP contribution in [0.2, 0.25) is 0 Å². The summed E-state index contributed by atoms with van der Waals surface area (Å²) in [5, 5.41) is 18.7. The van der Waals surface area contributed by atoms with E-state index in [1.807, 2.05) is 25.1 Å². The number of nitrogens with zero attached hydrogens (tertiary/aromatic N) is 3. The van der Waals surface area contributed by atoms with Gasteiger partial charge in [-0.15, -0.1) is 0 Å². The second kappa shape index (κ2) is 12.9. The summed E-state index contributed by atoms with van der Waals surface area (Å²) in [5.74, 6) is 2.90. The van der Waals surface area contributed by atoms with Gasteiger partial charge in [-0.05, 0) is 48.6 Å². The van der Waals surface area contributed by atoms with Gasteiger partial charge in [-0.1, -0.05) is 45.7 Å². The summed E-state index contributed by atoms with van der Waals surface area (Å²) in [6.07, 6.45) is 11.0. The van der Waals surface area contributed by atoms with Crippen molar-refractivity contribution in [1.82, 2.24) is 15.0 Å². The van der Waals surface area contributed by atoms with Gasteiger partial charge in [0.05, 0.1) is 0 Å². The predicted octanol–water partition coefficient (Wildman–Crippen LogP) is 5.30. The van der Waals surface area contributed by atoms with Crippen LogP contribution < -0.4 is 16.0 Å². The molecule has 7 heteroatoms. The van der Waals surface area contributed by atoms with E-state index >= 15 is 0 Å². The Hall–Kier alpha value is -3.79. The monoisotopic (exact) mass is 446 g/mol. The maximum atomic E-state index is 9.40. The number of pyridine rings is 1. The molecule has 0 amide bonds. The van der Waals surface area contributed by atoms with Crippen LogP contribution in [0, 0.1) is 25.3 Å². The first-order chi connectivity index (χ1) is 15.9. The lowest BCUT2D eigenvalue weighted by molar-refractivity contribution is 0.475. The summed E-state index contributed by atoms with van der Waals surface area (Å²) in [4.78, 5) is 13.5. The Labute approximate surface area is 197 Å². The van der Waals surface area contributed by atoms with Gasteiger partial charge < -0.3 is 21.1 Å². The highest BCUT2D eigenvalue weighted by atomic mass is 16.3. The third kappa shape index (κ3) is 7.69. The number of phenols is 1. The van der Waals surface area contributed by atoms with Crippen molar-refractivity contribution in [2.75, 3.05) is 29.5 Å². The molecule has 0 fully saturated rings. The lowest BCUT2D eigenvalue weighted by atomic mass is 10.1. The number of nitrogens with one attached hydrogen (secondary N) is 3. The minimum atomic E-state index is 0.253. The van der Waals surface area contributed by atoms with Crippen LogP contribution in [0.1, 0.15) is 38.3 Å². The Balaban J connectivity index is 0.000000696. The van der Waals surface area contributed by atoms with Crippen molar-refractivity contribution < 1.29 is 5.11 Å². The number of phenolic OH excluding ortho intramolecular Hbond substituents is 1. The molecule has 0 saturated heterocycles. The molecule has 174 valence electrons. The number of aromatic hydroxyl groups is 1. The second-order valence-corrected chi connectivity index (χ2v) is 7.97. The SMILES string of the molecule is C#CNc1c(NC)nc(-c2cnccc2C)nc1NCCc1ccc(O)cc1.CCC(C)C. The normalized spacial score (nSPS) is 10.1. The van der Waals surface area contributed by atoms with E-state index in [0.29, 0.717) is 29.7 Å². The van der Waals surface area contributed by atoms with Crippen LogP contribution >= 0.6 is 0 Å². The Morgan fingerprint density at radius 2 is 1.76 bits per heavy atom. The van der Waals surface area contributed by atoms with Crippen LogP contribution in [0.4, 0.5) is 17.3 Å². The van der Waals surface area contributed by atoms with E-state index in [4.69, 9.17) is 6.42 Å². The van der Waals surface area contributed by atoms with Crippen molar-refractivity contribution in [1.29, 1.82) is 0 Å². The molecule has 0 unspecified atom stereocenters. The average molecular weight is 447 g/mol. The van der Waals surface area contributed by atoms with Gasteiger partial charge in [0.2, 0.25) is 0 Å². The van der Waals surface area contributed by atoms with Gasteiger partial charge in [-0.3, -0.25) is 4.98 Å². The molecule has 2 heterocycles. The Bertz CT molecular complexity index is 1060. The molecule has 7 nitrogen and oxygen atoms in total. The number of hydrogen-bond acceptors (Lipinski definition) is 7. The highest BCUT2D eigenvalue weighted by molar-refractivity contribution is 5.81. The van der Waals surface area contributed by atoms with Gasteiger partial charge in [-0.25, -0.2) is 9.97 Å². The quantitative estimate of drug-likeness (QED) is 0.275. The van der Waals surface area contributed by atoms with Crippen molar-refractivity contribution in [2.24, 2.45) is 5.92 Å². The molecule has 0 aliphatic carbocycles. The molecule has 0 bridgehead atoms. The predicted molar refractivity (Wildman–Crippen MR) is 137 cm³/mol. The summed E-state index contributed by atoms with van der Waals surface area (Å²) < 4.78 is 0. The molecule has 0 aliphatic heterocycles. The third-order valence-electron chi connectivity index (χ3n) is 5.08. The molecule has 3 aromatic rings. The number of rotatable bonds is 8. The highest BCUT2D eigenvalue weighted by Gasteiger charge is 2.15. The zero-order valence-corrected chi connectivity index (χ0v) is 20.1. The van der Waals surface area contributed by atoms with Gasteiger partial charge in [0.25, 0.3) is 0 Å². The third-order valence-corrected chi connectivity index (χ3v) is 5.08. The van der Waals surface area contributed by atoms with Crippen molar-refractivity contribution >= 4 is 17.3 Å². The minimum absolute atomic E-state index is 0.253. The summed E-state index contributed by atoms with van der Waals surface area (Å²) >= 11 is 0. The number of anilines is 3. The molecule has 2 aromatic heterocycles. The van der Waals surface area contributed by atoms with Crippen LogP contribution in [0.25, 0.3) is 11.4 Å². The summed E-state index contributed by atoms with van der Waals surface area (Å²) in [6, 6.07) is 11.5. The van der Waals surface area contributed by atoms with Gasteiger partial charge in [-0.2, -0.15) is 0 Å². The number of benzene rings is 1. The van der Waals surface area contributed by atoms with Crippen LogP contribution in [0.3, 0.4) is 0 Å². The fraction of sp³-hybridized carbons (Fsp3) is 0.346. The molecular formula is C26H34N6O.